The molecule has 1 aromatic carbocycles. The summed E-state index contributed by atoms with van der Waals surface area (Å²) < 4.78 is 0. The van der Waals surface area contributed by atoms with Crippen LogP contribution in [-0.2, 0) is 9.59 Å². The molecule has 0 atom stereocenters. The fraction of sp³-hybridized carbons (Fsp3) is 0.474. The predicted octanol–water partition coefficient (Wildman–Crippen LogP) is 3.43. The number of hydrazine groups is 1. The Labute approximate surface area is 198 Å². The number of primary amides is 1. The lowest BCUT2D eigenvalue weighted by Crippen LogP contribution is -2.66. The van der Waals surface area contributed by atoms with Gasteiger partial charge < -0.3 is 11.1 Å². The highest BCUT2D eigenvalue weighted by Gasteiger charge is 2.51. The lowest BCUT2D eigenvalue weighted by atomic mass is 9.79. The Hall–Kier alpha value is -1.58. The average molecular weight is 510 g/mol. The Morgan fingerprint density at radius 3 is 1.65 bits per heavy atom. The molecule has 4 amide bonds. The number of amides is 4. The number of carbonyl (C=O) groups excluding carboxylic acids is 4. The van der Waals surface area contributed by atoms with Crippen LogP contribution in [0, 0.1) is 0 Å². The van der Waals surface area contributed by atoms with E-state index < -0.39 is 40.7 Å². The lowest BCUT2D eigenvalue weighted by molar-refractivity contribution is -0.157. The molecular formula is C19H20Cl4N4O4. The van der Waals surface area contributed by atoms with Crippen LogP contribution in [0.4, 0.5) is 0 Å². The van der Waals surface area contributed by atoms with Crippen molar-refractivity contribution in [2.75, 3.05) is 0 Å². The van der Waals surface area contributed by atoms with Crippen molar-refractivity contribution in [1.29, 1.82) is 0 Å². The lowest BCUT2D eigenvalue weighted by Gasteiger charge is -2.50. The fourth-order valence-electron chi connectivity index (χ4n) is 4.51. The largest absolute Gasteiger partial charge is 0.361 e. The SMILES string of the molecule is CC1(C)CC(N(C(=O)C(N)=O)N2C(=O)c3c(Cl)c(Cl)c(Cl)c(Cl)c3C2=O)CC(C)(C)N1. The zero-order valence-corrected chi connectivity index (χ0v) is 20.1. The van der Waals surface area contributed by atoms with Crippen molar-refractivity contribution in [1.82, 2.24) is 15.3 Å². The molecule has 0 radical (unpaired) electrons. The molecule has 1 aromatic rings. The number of hydrogen-bond acceptors (Lipinski definition) is 5. The molecular weight excluding hydrogens is 490 g/mol. The summed E-state index contributed by atoms with van der Waals surface area (Å²) in [5, 5.41) is 3.85. The normalized spacial score (nSPS) is 20.1. The Balaban J connectivity index is 2.18. The van der Waals surface area contributed by atoms with Gasteiger partial charge in [0.15, 0.2) is 0 Å². The molecule has 2 aliphatic heterocycles. The summed E-state index contributed by atoms with van der Waals surface area (Å²) in [6, 6.07) is -0.711. The molecule has 12 heteroatoms. The molecule has 0 bridgehead atoms. The van der Waals surface area contributed by atoms with Gasteiger partial charge in [-0.2, -0.15) is 5.01 Å². The first-order valence-corrected chi connectivity index (χ1v) is 10.8. The molecule has 168 valence electrons. The topological polar surface area (TPSA) is 113 Å². The summed E-state index contributed by atoms with van der Waals surface area (Å²) >= 11 is 24.5. The molecule has 2 heterocycles. The minimum absolute atomic E-state index is 0.202. The Kier molecular flexibility index (Phi) is 6.04. The maximum Gasteiger partial charge on any atom is 0.330 e. The first-order valence-electron chi connectivity index (χ1n) is 9.26. The first-order chi connectivity index (χ1) is 14.1. The van der Waals surface area contributed by atoms with Crippen LogP contribution >= 0.6 is 46.4 Å². The number of fused-ring (bicyclic) bond motifs is 1. The molecule has 0 aromatic heterocycles. The summed E-state index contributed by atoms with van der Waals surface area (Å²) in [4.78, 5) is 51.3. The number of rotatable bonds is 2. The van der Waals surface area contributed by atoms with Crippen molar-refractivity contribution >= 4 is 70.0 Å². The molecule has 3 rings (SSSR count). The summed E-state index contributed by atoms with van der Waals surface area (Å²) in [6.07, 6.45) is 0.650. The van der Waals surface area contributed by atoms with E-state index in [1.807, 2.05) is 27.7 Å². The number of nitrogens with zero attached hydrogens (tertiary/aromatic N) is 2. The van der Waals surface area contributed by atoms with Crippen molar-refractivity contribution in [3.05, 3.63) is 31.2 Å². The van der Waals surface area contributed by atoms with E-state index >= 15 is 0 Å². The van der Waals surface area contributed by atoms with Crippen LogP contribution < -0.4 is 11.1 Å². The van der Waals surface area contributed by atoms with Crippen LogP contribution in [0.2, 0.25) is 20.1 Å². The van der Waals surface area contributed by atoms with E-state index in [1.54, 1.807) is 0 Å². The third-order valence-corrected chi connectivity index (χ3v) is 7.03. The van der Waals surface area contributed by atoms with Crippen LogP contribution in [0.5, 0.6) is 0 Å². The fourth-order valence-corrected chi connectivity index (χ4v) is 5.52. The molecule has 0 aliphatic carbocycles. The van der Waals surface area contributed by atoms with Gasteiger partial charge in [-0.25, -0.2) is 5.01 Å². The number of imide groups is 1. The van der Waals surface area contributed by atoms with Gasteiger partial charge in [0.05, 0.1) is 37.3 Å². The van der Waals surface area contributed by atoms with Crippen molar-refractivity contribution < 1.29 is 19.2 Å². The quantitative estimate of drug-likeness (QED) is 0.274. The van der Waals surface area contributed by atoms with Gasteiger partial charge in [-0.15, -0.1) is 0 Å². The van der Waals surface area contributed by atoms with Gasteiger partial charge in [-0.1, -0.05) is 46.4 Å². The minimum Gasteiger partial charge on any atom is -0.361 e. The van der Waals surface area contributed by atoms with Crippen molar-refractivity contribution in [3.63, 3.8) is 0 Å². The Morgan fingerprint density at radius 2 is 1.29 bits per heavy atom. The summed E-state index contributed by atoms with van der Waals surface area (Å²) in [5.41, 5.74) is 3.71. The number of carbonyl (C=O) groups is 4. The first kappa shape index (κ1) is 24.1. The number of piperidine rings is 1. The molecule has 1 fully saturated rings. The highest BCUT2D eigenvalue weighted by Crippen LogP contribution is 2.46. The molecule has 0 unspecified atom stereocenters. The molecule has 3 N–H and O–H groups in total. The Morgan fingerprint density at radius 1 is 0.903 bits per heavy atom. The van der Waals surface area contributed by atoms with Crippen LogP contribution in [0.1, 0.15) is 61.3 Å². The minimum atomic E-state index is -1.32. The van der Waals surface area contributed by atoms with E-state index in [0.717, 1.165) is 5.01 Å². The summed E-state index contributed by atoms with van der Waals surface area (Å²) in [6.45, 7) is 7.62. The van der Waals surface area contributed by atoms with E-state index in [4.69, 9.17) is 52.1 Å². The van der Waals surface area contributed by atoms with Gasteiger partial charge in [-0.05, 0) is 40.5 Å². The van der Waals surface area contributed by atoms with Gasteiger partial charge in [0, 0.05) is 11.1 Å². The molecule has 0 spiro atoms. The van der Waals surface area contributed by atoms with Crippen molar-refractivity contribution in [3.8, 4) is 0 Å². The highest BCUT2D eigenvalue weighted by molar-refractivity contribution is 6.55. The Bertz CT molecular complexity index is 977. The monoisotopic (exact) mass is 508 g/mol. The number of benzene rings is 1. The van der Waals surface area contributed by atoms with E-state index in [9.17, 15) is 19.2 Å². The summed E-state index contributed by atoms with van der Waals surface area (Å²) in [5.74, 6) is -4.43. The molecule has 0 saturated carbocycles. The molecule has 31 heavy (non-hydrogen) atoms. The molecule has 1 saturated heterocycles. The molecule has 2 aliphatic rings. The zero-order chi connectivity index (χ0) is 23.6. The van der Waals surface area contributed by atoms with Crippen LogP contribution in [0.25, 0.3) is 0 Å². The number of hydrogen-bond donors (Lipinski definition) is 2. The van der Waals surface area contributed by atoms with Gasteiger partial charge >= 0.3 is 11.8 Å². The second kappa shape index (κ2) is 7.78. The van der Waals surface area contributed by atoms with Crippen molar-refractivity contribution in [2.45, 2.75) is 57.7 Å². The van der Waals surface area contributed by atoms with E-state index in [2.05, 4.69) is 5.32 Å². The van der Waals surface area contributed by atoms with E-state index in [-0.39, 0.29) is 31.2 Å². The number of nitrogens with two attached hydrogens (primary N) is 1. The van der Waals surface area contributed by atoms with Crippen LogP contribution in [-0.4, -0.2) is 50.8 Å². The van der Waals surface area contributed by atoms with Gasteiger partial charge in [0.2, 0.25) is 0 Å². The third-order valence-electron chi connectivity index (χ3n) is 5.23. The maximum absolute atomic E-state index is 13.3. The van der Waals surface area contributed by atoms with E-state index in [1.165, 1.54) is 0 Å². The van der Waals surface area contributed by atoms with Crippen LogP contribution in [0.3, 0.4) is 0 Å². The standard InChI is InChI=1S/C19H20Cl4N4O4/c1-18(2)5-7(6-19(3,4)25-18)26(17(31)14(24)28)27-15(29)8-9(16(27)30)11(21)13(23)12(22)10(8)20/h7,25H,5-6H2,1-4H3,(H2,24,28). The van der Waals surface area contributed by atoms with E-state index in [0.29, 0.717) is 17.9 Å². The summed E-state index contributed by atoms with van der Waals surface area (Å²) in [7, 11) is 0. The smallest absolute Gasteiger partial charge is 0.330 e. The van der Waals surface area contributed by atoms with Gasteiger partial charge in [0.1, 0.15) is 0 Å². The molecule has 8 nitrogen and oxygen atoms in total. The van der Waals surface area contributed by atoms with Gasteiger partial charge in [-0.3, -0.25) is 19.2 Å². The second-order valence-corrected chi connectivity index (χ2v) is 10.4. The second-order valence-electron chi connectivity index (χ2n) is 8.90. The third kappa shape index (κ3) is 4.00. The average Bonchev–Trinajstić information content (AvgIpc) is 2.87. The zero-order valence-electron chi connectivity index (χ0n) is 17.1. The highest BCUT2D eigenvalue weighted by atomic mass is 35.5. The van der Waals surface area contributed by atoms with Crippen LogP contribution in [0.15, 0.2) is 0 Å². The predicted molar refractivity (Wildman–Crippen MR) is 117 cm³/mol. The van der Waals surface area contributed by atoms with Crippen molar-refractivity contribution in [2.24, 2.45) is 5.73 Å². The number of halogens is 4. The maximum atomic E-state index is 13.3. The number of nitrogens with one attached hydrogen (secondary N) is 1. The van der Waals surface area contributed by atoms with Gasteiger partial charge in [0.25, 0.3) is 11.8 Å².